The van der Waals surface area contributed by atoms with Gasteiger partial charge < -0.3 is 4.74 Å². The summed E-state index contributed by atoms with van der Waals surface area (Å²) < 4.78 is 5.76. The van der Waals surface area contributed by atoms with Crippen molar-refractivity contribution in [2.45, 2.75) is 13.3 Å². The first-order valence-corrected chi connectivity index (χ1v) is 5.70. The Morgan fingerprint density at radius 2 is 2.11 bits per heavy atom. The lowest BCUT2D eigenvalue weighted by molar-refractivity contribution is 0.474. The molecule has 0 fully saturated rings. The second kappa shape index (κ2) is 4.04. The van der Waals surface area contributed by atoms with Gasteiger partial charge in [-0.3, -0.25) is 5.10 Å². The van der Waals surface area contributed by atoms with Gasteiger partial charge in [-0.05, 0) is 6.92 Å². The predicted molar refractivity (Wildman–Crippen MR) is 66.6 cm³/mol. The van der Waals surface area contributed by atoms with Gasteiger partial charge in [0, 0.05) is 23.2 Å². The molecule has 0 spiro atoms. The largest absolute Gasteiger partial charge is 0.436 e. The van der Waals surface area contributed by atoms with Crippen LogP contribution in [0, 0.1) is 18.3 Å². The molecule has 1 aliphatic rings. The summed E-state index contributed by atoms with van der Waals surface area (Å²) in [7, 11) is 0. The Kier molecular flexibility index (Phi) is 2.38. The molecule has 4 nitrogen and oxygen atoms in total. The normalized spacial score (nSPS) is 13.8. The number of aromatic amines is 1. The van der Waals surface area contributed by atoms with Crippen molar-refractivity contribution in [2.75, 3.05) is 0 Å². The van der Waals surface area contributed by atoms with Crippen LogP contribution < -0.4 is 4.74 Å². The van der Waals surface area contributed by atoms with Crippen molar-refractivity contribution in [1.82, 2.24) is 10.2 Å². The number of H-pyrrole nitrogens is 1. The number of nitriles is 1. The summed E-state index contributed by atoms with van der Waals surface area (Å²) in [5, 5.41) is 16.3. The molecular formula is C14H11N3O. The Morgan fingerprint density at radius 1 is 1.33 bits per heavy atom. The van der Waals surface area contributed by atoms with E-state index in [9.17, 15) is 5.26 Å². The molecule has 0 saturated heterocycles. The lowest BCUT2D eigenvalue weighted by Crippen LogP contribution is -2.08. The Morgan fingerprint density at radius 3 is 2.83 bits per heavy atom. The van der Waals surface area contributed by atoms with Crippen LogP contribution in [-0.4, -0.2) is 10.2 Å². The molecule has 1 aliphatic heterocycles. The minimum absolute atomic E-state index is 0.568. The highest BCUT2D eigenvalue weighted by atomic mass is 16.5. The van der Waals surface area contributed by atoms with E-state index in [2.05, 4.69) is 16.3 Å². The van der Waals surface area contributed by atoms with E-state index in [4.69, 9.17) is 4.74 Å². The fourth-order valence-corrected chi connectivity index (χ4v) is 2.05. The van der Waals surface area contributed by atoms with E-state index in [1.54, 1.807) is 0 Å². The van der Waals surface area contributed by atoms with Gasteiger partial charge in [-0.2, -0.15) is 5.26 Å². The molecule has 2 heterocycles. The van der Waals surface area contributed by atoms with E-state index in [-0.39, 0.29) is 0 Å². The van der Waals surface area contributed by atoms with E-state index in [1.165, 1.54) is 0 Å². The number of hydrogen-bond acceptors (Lipinski definition) is 3. The van der Waals surface area contributed by atoms with Crippen molar-refractivity contribution in [2.24, 2.45) is 0 Å². The molecule has 0 saturated carbocycles. The highest BCUT2D eigenvalue weighted by Crippen LogP contribution is 2.34. The number of aryl methyl sites for hydroxylation is 1. The maximum Gasteiger partial charge on any atom is 0.241 e. The van der Waals surface area contributed by atoms with E-state index in [1.807, 2.05) is 37.3 Å². The van der Waals surface area contributed by atoms with E-state index >= 15 is 0 Å². The van der Waals surface area contributed by atoms with Crippen LogP contribution in [0.3, 0.4) is 0 Å². The van der Waals surface area contributed by atoms with Crippen molar-refractivity contribution in [1.29, 1.82) is 5.26 Å². The smallest absolute Gasteiger partial charge is 0.241 e. The van der Waals surface area contributed by atoms with Crippen molar-refractivity contribution >= 4 is 5.76 Å². The average molecular weight is 237 g/mol. The molecule has 1 aromatic heterocycles. The summed E-state index contributed by atoms with van der Waals surface area (Å²) in [5.41, 5.74) is 3.45. The SMILES string of the molecule is Cc1[nH]nc2c1CC(C#N)=C(c1ccccc1)O2. The molecule has 4 heteroatoms. The van der Waals surface area contributed by atoms with Gasteiger partial charge in [0.1, 0.15) is 0 Å². The number of hydrogen-bond donors (Lipinski definition) is 1. The molecule has 1 N–H and O–H groups in total. The van der Waals surface area contributed by atoms with Gasteiger partial charge in [0.15, 0.2) is 5.76 Å². The van der Waals surface area contributed by atoms with Crippen molar-refractivity contribution in [3.63, 3.8) is 0 Å². The van der Waals surface area contributed by atoms with Gasteiger partial charge in [-0.15, -0.1) is 5.10 Å². The fraction of sp³-hybridized carbons (Fsp3) is 0.143. The summed E-state index contributed by atoms with van der Waals surface area (Å²) in [6.45, 7) is 1.93. The number of fused-ring (bicyclic) bond motifs is 1. The number of nitrogens with zero attached hydrogens (tertiary/aromatic N) is 2. The summed E-state index contributed by atoms with van der Waals surface area (Å²) >= 11 is 0. The Labute approximate surface area is 105 Å². The zero-order valence-electron chi connectivity index (χ0n) is 9.90. The van der Waals surface area contributed by atoms with Crippen LogP contribution in [0.5, 0.6) is 5.88 Å². The molecule has 0 radical (unpaired) electrons. The summed E-state index contributed by atoms with van der Waals surface area (Å²) in [6.07, 6.45) is 0.568. The highest BCUT2D eigenvalue weighted by molar-refractivity contribution is 5.71. The van der Waals surface area contributed by atoms with E-state index in [0.29, 0.717) is 23.6 Å². The molecule has 0 atom stereocenters. The number of ether oxygens (including phenoxy) is 1. The first-order valence-electron chi connectivity index (χ1n) is 5.70. The monoisotopic (exact) mass is 237 g/mol. The minimum Gasteiger partial charge on any atom is -0.436 e. The standard InChI is InChI=1S/C14H11N3O/c1-9-12-7-11(8-15)13(18-14(12)17-16-9)10-5-3-2-4-6-10/h2-6H,7H2,1H3,(H,16,17). The van der Waals surface area contributed by atoms with Crippen LogP contribution in [0.1, 0.15) is 16.8 Å². The van der Waals surface area contributed by atoms with Gasteiger partial charge in [0.05, 0.1) is 11.6 Å². The molecule has 0 unspecified atom stereocenters. The lowest BCUT2D eigenvalue weighted by atomic mass is 10.00. The zero-order chi connectivity index (χ0) is 12.5. The van der Waals surface area contributed by atoms with Crippen molar-refractivity contribution in [3.05, 3.63) is 52.7 Å². The third kappa shape index (κ3) is 1.57. The fourth-order valence-electron chi connectivity index (χ4n) is 2.05. The quantitative estimate of drug-likeness (QED) is 0.829. The number of benzene rings is 1. The minimum atomic E-state index is 0.568. The number of aromatic nitrogens is 2. The van der Waals surface area contributed by atoms with Gasteiger partial charge in [-0.25, -0.2) is 0 Å². The molecule has 0 aliphatic carbocycles. The second-order valence-corrected chi connectivity index (χ2v) is 4.20. The molecule has 0 amide bonds. The molecule has 18 heavy (non-hydrogen) atoms. The highest BCUT2D eigenvalue weighted by Gasteiger charge is 2.24. The van der Waals surface area contributed by atoms with Gasteiger partial charge in [0.2, 0.25) is 5.88 Å². The molecule has 1 aromatic carbocycles. The summed E-state index contributed by atoms with van der Waals surface area (Å²) in [6, 6.07) is 11.9. The maximum atomic E-state index is 9.26. The molecule has 0 bridgehead atoms. The summed E-state index contributed by atoms with van der Waals surface area (Å²) in [4.78, 5) is 0. The molecular weight excluding hydrogens is 226 g/mol. The Balaban J connectivity index is 2.09. The maximum absolute atomic E-state index is 9.26. The number of rotatable bonds is 1. The first-order chi connectivity index (χ1) is 8.79. The lowest BCUT2D eigenvalue weighted by Gasteiger charge is -2.17. The van der Waals surface area contributed by atoms with Crippen LogP contribution in [0.4, 0.5) is 0 Å². The second-order valence-electron chi connectivity index (χ2n) is 4.20. The van der Waals surface area contributed by atoms with Gasteiger partial charge >= 0.3 is 0 Å². The van der Waals surface area contributed by atoms with Crippen molar-refractivity contribution in [3.8, 4) is 11.9 Å². The third-order valence-corrected chi connectivity index (χ3v) is 3.03. The average Bonchev–Trinajstić information content (AvgIpc) is 2.79. The van der Waals surface area contributed by atoms with Crippen LogP contribution in [0.15, 0.2) is 35.9 Å². The number of nitrogens with one attached hydrogen (secondary N) is 1. The van der Waals surface area contributed by atoms with Crippen LogP contribution in [0.25, 0.3) is 5.76 Å². The van der Waals surface area contributed by atoms with Gasteiger partial charge in [0.25, 0.3) is 0 Å². The Hall–Kier alpha value is -2.54. The van der Waals surface area contributed by atoms with E-state index < -0.39 is 0 Å². The van der Waals surface area contributed by atoms with Crippen LogP contribution >= 0.6 is 0 Å². The van der Waals surface area contributed by atoms with Crippen LogP contribution in [0.2, 0.25) is 0 Å². The van der Waals surface area contributed by atoms with Gasteiger partial charge in [-0.1, -0.05) is 30.3 Å². The first kappa shape index (κ1) is 10.6. The molecule has 2 aromatic rings. The van der Waals surface area contributed by atoms with Crippen molar-refractivity contribution < 1.29 is 4.74 Å². The number of allylic oxidation sites excluding steroid dienone is 1. The summed E-state index contributed by atoms with van der Waals surface area (Å²) in [5.74, 6) is 1.18. The zero-order valence-corrected chi connectivity index (χ0v) is 9.90. The molecule has 3 rings (SSSR count). The topological polar surface area (TPSA) is 61.7 Å². The molecule has 88 valence electrons. The van der Waals surface area contributed by atoms with Crippen LogP contribution in [-0.2, 0) is 6.42 Å². The van der Waals surface area contributed by atoms with E-state index in [0.717, 1.165) is 16.8 Å². The third-order valence-electron chi connectivity index (χ3n) is 3.03. The Bertz CT molecular complexity index is 662. The predicted octanol–water partition coefficient (Wildman–Crippen LogP) is 2.59.